The van der Waals surface area contributed by atoms with E-state index in [1.54, 1.807) is 0 Å². The van der Waals surface area contributed by atoms with E-state index in [9.17, 15) is 4.79 Å². The smallest absolute Gasteiger partial charge is 0.320 e. The van der Waals surface area contributed by atoms with Gasteiger partial charge in [0, 0.05) is 18.8 Å². The maximum Gasteiger partial charge on any atom is 0.322 e. The Morgan fingerprint density at radius 3 is 2.85 bits per heavy atom. The van der Waals surface area contributed by atoms with Gasteiger partial charge in [-0.3, -0.25) is 0 Å². The Labute approximate surface area is 121 Å². The Morgan fingerprint density at radius 1 is 1.25 bits per heavy atom. The minimum absolute atomic E-state index is 0.0668. The largest absolute Gasteiger partial charge is 0.322 e. The Morgan fingerprint density at radius 2 is 2.05 bits per heavy atom. The Hall–Kier alpha value is -1.51. The first-order chi connectivity index (χ1) is 9.72. The molecule has 1 fully saturated rings. The van der Waals surface area contributed by atoms with Gasteiger partial charge in [0.15, 0.2) is 0 Å². The minimum Gasteiger partial charge on any atom is -0.320 e. The Kier molecular flexibility index (Phi) is 3.95. The number of carbonyl (C=O) groups is 1. The minimum atomic E-state index is 0.0668. The molecule has 0 spiro atoms. The van der Waals surface area contributed by atoms with Crippen LogP contribution in [0.5, 0.6) is 0 Å². The first-order valence-corrected chi connectivity index (χ1v) is 7.88. The molecular weight excluding hydrogens is 248 g/mol. The lowest BCUT2D eigenvalue weighted by atomic mass is 9.87. The van der Waals surface area contributed by atoms with Crippen LogP contribution in [0, 0.1) is 12.8 Å². The predicted molar refractivity (Wildman–Crippen MR) is 81.8 cm³/mol. The van der Waals surface area contributed by atoms with Gasteiger partial charge in [-0.05, 0) is 30.9 Å². The van der Waals surface area contributed by atoms with Crippen LogP contribution in [0.1, 0.15) is 49.7 Å². The molecule has 3 heteroatoms. The fraction of sp³-hybridized carbons (Fsp3) is 0.588. The number of benzene rings is 1. The number of carbonyl (C=O) groups excluding carboxylic acids is 1. The van der Waals surface area contributed by atoms with E-state index < -0.39 is 0 Å². The SMILES string of the molecule is Cc1ccc2c(c1)CN(CCC1CCCCC1)C(=O)N2. The molecule has 20 heavy (non-hydrogen) atoms. The third kappa shape index (κ3) is 2.97. The van der Waals surface area contributed by atoms with Crippen molar-refractivity contribution in [3.05, 3.63) is 29.3 Å². The molecule has 1 aliphatic heterocycles. The summed E-state index contributed by atoms with van der Waals surface area (Å²) < 4.78 is 0. The van der Waals surface area contributed by atoms with Gasteiger partial charge in [-0.2, -0.15) is 0 Å². The molecule has 1 saturated carbocycles. The summed E-state index contributed by atoms with van der Waals surface area (Å²) in [5.41, 5.74) is 3.48. The summed E-state index contributed by atoms with van der Waals surface area (Å²) in [4.78, 5) is 14.1. The van der Waals surface area contributed by atoms with E-state index in [1.807, 2.05) is 11.0 Å². The molecule has 3 rings (SSSR count). The lowest BCUT2D eigenvalue weighted by molar-refractivity contribution is 0.197. The first kappa shape index (κ1) is 13.5. The zero-order valence-electron chi connectivity index (χ0n) is 12.3. The van der Waals surface area contributed by atoms with E-state index in [0.29, 0.717) is 0 Å². The average molecular weight is 272 g/mol. The van der Waals surface area contributed by atoms with Crippen LogP contribution in [0.4, 0.5) is 10.5 Å². The van der Waals surface area contributed by atoms with Gasteiger partial charge in [-0.1, -0.05) is 49.8 Å². The summed E-state index contributed by atoms with van der Waals surface area (Å²) in [6, 6.07) is 6.32. The molecule has 0 saturated heterocycles. The quantitative estimate of drug-likeness (QED) is 0.873. The van der Waals surface area contributed by atoms with Crippen LogP contribution < -0.4 is 5.32 Å². The van der Waals surface area contributed by atoms with Crippen molar-refractivity contribution in [3.8, 4) is 0 Å². The Balaban J connectivity index is 1.61. The summed E-state index contributed by atoms with van der Waals surface area (Å²) in [6.45, 7) is 3.75. The fourth-order valence-electron chi connectivity index (χ4n) is 3.44. The van der Waals surface area contributed by atoms with Crippen molar-refractivity contribution < 1.29 is 4.79 Å². The van der Waals surface area contributed by atoms with Crippen LogP contribution in [-0.2, 0) is 6.54 Å². The summed E-state index contributed by atoms with van der Waals surface area (Å²) in [6.07, 6.45) is 8.01. The molecule has 1 heterocycles. The zero-order chi connectivity index (χ0) is 13.9. The average Bonchev–Trinajstić information content (AvgIpc) is 2.46. The van der Waals surface area contributed by atoms with Crippen molar-refractivity contribution in [2.45, 2.75) is 52.0 Å². The molecule has 1 aromatic rings. The van der Waals surface area contributed by atoms with E-state index >= 15 is 0 Å². The predicted octanol–water partition coefficient (Wildman–Crippen LogP) is 4.31. The molecule has 0 unspecified atom stereocenters. The molecule has 3 nitrogen and oxygen atoms in total. The van der Waals surface area contributed by atoms with Crippen LogP contribution in [0.25, 0.3) is 0 Å². The standard InChI is InChI=1S/C17H24N2O/c1-13-7-8-16-15(11-13)12-19(17(20)18-16)10-9-14-5-3-2-4-6-14/h7-8,11,14H,2-6,9-10,12H2,1H3,(H,18,20). The normalized spacial score (nSPS) is 19.6. The number of hydrogen-bond donors (Lipinski definition) is 1. The molecule has 2 aliphatic rings. The number of hydrogen-bond acceptors (Lipinski definition) is 1. The van der Waals surface area contributed by atoms with E-state index in [2.05, 4.69) is 24.4 Å². The number of anilines is 1. The van der Waals surface area contributed by atoms with Crippen LogP contribution in [0.15, 0.2) is 18.2 Å². The summed E-state index contributed by atoms with van der Waals surface area (Å²) in [5.74, 6) is 0.829. The van der Waals surface area contributed by atoms with Gasteiger partial charge in [-0.25, -0.2) is 4.79 Å². The monoisotopic (exact) mass is 272 g/mol. The first-order valence-electron chi connectivity index (χ1n) is 7.88. The second-order valence-corrected chi connectivity index (χ2v) is 6.31. The number of aryl methyl sites for hydroxylation is 1. The van der Waals surface area contributed by atoms with E-state index in [1.165, 1.54) is 43.2 Å². The fourth-order valence-corrected chi connectivity index (χ4v) is 3.44. The number of fused-ring (bicyclic) bond motifs is 1. The van der Waals surface area contributed by atoms with Gasteiger partial charge in [0.2, 0.25) is 0 Å². The topological polar surface area (TPSA) is 32.3 Å². The number of nitrogens with one attached hydrogen (secondary N) is 1. The van der Waals surface area contributed by atoms with Gasteiger partial charge in [0.05, 0.1) is 0 Å². The molecule has 0 bridgehead atoms. The second-order valence-electron chi connectivity index (χ2n) is 6.31. The maximum absolute atomic E-state index is 12.1. The number of nitrogens with zero attached hydrogens (tertiary/aromatic N) is 1. The van der Waals surface area contributed by atoms with Gasteiger partial charge in [0.1, 0.15) is 0 Å². The third-order valence-corrected chi connectivity index (χ3v) is 4.68. The van der Waals surface area contributed by atoms with Crippen molar-refractivity contribution in [3.63, 3.8) is 0 Å². The summed E-state index contributed by atoms with van der Waals surface area (Å²) in [5, 5.41) is 3.01. The molecule has 1 N–H and O–H groups in total. The van der Waals surface area contributed by atoms with Crippen molar-refractivity contribution in [2.75, 3.05) is 11.9 Å². The lowest BCUT2D eigenvalue weighted by Gasteiger charge is -2.31. The van der Waals surface area contributed by atoms with Gasteiger partial charge >= 0.3 is 6.03 Å². The maximum atomic E-state index is 12.1. The molecule has 0 atom stereocenters. The summed E-state index contributed by atoms with van der Waals surface area (Å²) >= 11 is 0. The highest BCUT2D eigenvalue weighted by Gasteiger charge is 2.23. The van der Waals surface area contributed by atoms with Crippen LogP contribution in [0.3, 0.4) is 0 Å². The van der Waals surface area contributed by atoms with E-state index in [0.717, 1.165) is 31.1 Å². The van der Waals surface area contributed by atoms with Gasteiger partial charge in [-0.15, -0.1) is 0 Å². The second kappa shape index (κ2) is 5.86. The molecule has 108 valence electrons. The third-order valence-electron chi connectivity index (χ3n) is 4.68. The van der Waals surface area contributed by atoms with E-state index in [-0.39, 0.29) is 6.03 Å². The van der Waals surface area contributed by atoms with Crippen LogP contribution in [0.2, 0.25) is 0 Å². The summed E-state index contributed by atoms with van der Waals surface area (Å²) in [7, 11) is 0. The molecule has 0 radical (unpaired) electrons. The van der Waals surface area contributed by atoms with Crippen LogP contribution in [-0.4, -0.2) is 17.5 Å². The van der Waals surface area contributed by atoms with Crippen molar-refractivity contribution in [1.82, 2.24) is 4.90 Å². The van der Waals surface area contributed by atoms with Crippen molar-refractivity contribution in [2.24, 2.45) is 5.92 Å². The molecule has 0 aromatic heterocycles. The lowest BCUT2D eigenvalue weighted by Crippen LogP contribution is -2.39. The van der Waals surface area contributed by atoms with Crippen molar-refractivity contribution in [1.29, 1.82) is 0 Å². The highest BCUT2D eigenvalue weighted by molar-refractivity contribution is 5.92. The van der Waals surface area contributed by atoms with Crippen molar-refractivity contribution >= 4 is 11.7 Å². The molecule has 1 aliphatic carbocycles. The van der Waals surface area contributed by atoms with Crippen LogP contribution >= 0.6 is 0 Å². The molecular formula is C17H24N2O. The number of rotatable bonds is 3. The Bertz CT molecular complexity index is 492. The molecule has 1 aromatic carbocycles. The number of urea groups is 1. The molecule has 2 amide bonds. The van der Waals surface area contributed by atoms with Gasteiger partial charge < -0.3 is 10.2 Å². The zero-order valence-corrected chi connectivity index (χ0v) is 12.3. The number of amides is 2. The highest BCUT2D eigenvalue weighted by atomic mass is 16.2. The van der Waals surface area contributed by atoms with Gasteiger partial charge in [0.25, 0.3) is 0 Å². The highest BCUT2D eigenvalue weighted by Crippen LogP contribution is 2.28. The van der Waals surface area contributed by atoms with E-state index in [4.69, 9.17) is 0 Å².